The van der Waals surface area contributed by atoms with Gasteiger partial charge in [0, 0.05) is 33.4 Å². The van der Waals surface area contributed by atoms with Crippen molar-refractivity contribution in [3.63, 3.8) is 0 Å². The average Bonchev–Trinajstić information content (AvgIpc) is 0.812. The summed E-state index contributed by atoms with van der Waals surface area (Å²) in [7, 11) is 0. The van der Waals surface area contributed by atoms with Gasteiger partial charge in [-0.3, -0.25) is 14.4 Å². The summed E-state index contributed by atoms with van der Waals surface area (Å²) < 4.78 is 0. The van der Waals surface area contributed by atoms with Gasteiger partial charge in [-0.15, -0.1) is 0 Å². The van der Waals surface area contributed by atoms with Crippen LogP contribution in [0, 0.1) is 34.6 Å². The monoisotopic (exact) mass is 1380 g/mol. The number of benzene rings is 16. The minimum Gasteiger partial charge on any atom is -0.289 e. The highest BCUT2D eigenvalue weighted by Gasteiger charge is 2.16. The lowest BCUT2D eigenvalue weighted by Gasteiger charge is -2.11. The zero-order valence-corrected chi connectivity index (χ0v) is 61.1. The number of hydrogen-bond donors (Lipinski definition) is 0. The summed E-state index contributed by atoms with van der Waals surface area (Å²) >= 11 is 0. The second kappa shape index (κ2) is 36.6. The lowest BCUT2D eigenvalue weighted by Crippen LogP contribution is -2.02. The summed E-state index contributed by atoms with van der Waals surface area (Å²) in [5.41, 5.74) is 29.6. The van der Waals surface area contributed by atoms with Crippen molar-refractivity contribution in [3.8, 4) is 89.0 Å². The first kappa shape index (κ1) is 73.3. The van der Waals surface area contributed by atoms with Gasteiger partial charge in [0.25, 0.3) is 0 Å². The lowest BCUT2D eigenvalue weighted by atomic mass is 9.93. The molecule has 3 heteroatoms. The smallest absolute Gasteiger partial charge is 0.193 e. The lowest BCUT2D eigenvalue weighted by molar-refractivity contribution is 0.103. The SMILES string of the molecule is Cc1ccc(-c2cc(-c3ccccc3)cc(-c3ccccc3)c2)cc1.Cc1cccc(-c2cc(-c3ccccc3)cc(-c3ccccc3)c2)c1.Cc1cccc(C(=O)c2cc(-c3ccccc3)cc(-c3ccccc3)c2)c1.Cc1cccc(C(=O)c2ccccc2)c1.Cc1cccc(C(=O)c2ccccc2)c1. The Kier molecular flexibility index (Phi) is 25.1. The molecule has 0 unspecified atom stereocenters. The third-order valence-electron chi connectivity index (χ3n) is 18.4. The minimum atomic E-state index is 0.0497. The van der Waals surface area contributed by atoms with Crippen LogP contribution in [-0.2, 0) is 0 Å². The maximum absolute atomic E-state index is 13.2. The van der Waals surface area contributed by atoms with Crippen LogP contribution in [0.4, 0.5) is 0 Å². The van der Waals surface area contributed by atoms with Gasteiger partial charge < -0.3 is 0 Å². The first-order valence-corrected chi connectivity index (χ1v) is 36.2. The average molecular weight is 1380 g/mol. The molecule has 16 rings (SSSR count). The molecular formula is C104H84O3. The number of aryl methyl sites for hydroxylation is 5. The van der Waals surface area contributed by atoms with Crippen molar-refractivity contribution in [1.82, 2.24) is 0 Å². The Hall–Kier alpha value is -13.5. The van der Waals surface area contributed by atoms with E-state index in [0.717, 1.165) is 66.8 Å². The van der Waals surface area contributed by atoms with Crippen LogP contribution in [0.1, 0.15) is 75.6 Å². The van der Waals surface area contributed by atoms with Gasteiger partial charge in [0.05, 0.1) is 0 Å². The van der Waals surface area contributed by atoms with Crippen molar-refractivity contribution in [2.45, 2.75) is 34.6 Å². The number of hydrogen-bond acceptors (Lipinski definition) is 3. The quantitative estimate of drug-likeness (QED) is 0.102. The van der Waals surface area contributed by atoms with E-state index in [1.807, 2.05) is 203 Å². The summed E-state index contributed by atoms with van der Waals surface area (Å²) in [5.74, 6) is 0.215. The predicted octanol–water partition coefficient (Wildman–Crippen LogP) is 27.0. The molecular weight excluding hydrogens is 1300 g/mol. The van der Waals surface area contributed by atoms with Crippen LogP contribution in [0.5, 0.6) is 0 Å². The Labute approximate surface area is 631 Å². The van der Waals surface area contributed by atoms with Crippen LogP contribution in [0.3, 0.4) is 0 Å². The van der Waals surface area contributed by atoms with Crippen molar-refractivity contribution in [2.24, 2.45) is 0 Å². The molecule has 0 aliphatic carbocycles. The van der Waals surface area contributed by atoms with E-state index in [1.165, 1.54) is 77.9 Å². The van der Waals surface area contributed by atoms with Gasteiger partial charge in [-0.05, 0) is 196 Å². The van der Waals surface area contributed by atoms with Crippen molar-refractivity contribution >= 4 is 17.3 Å². The van der Waals surface area contributed by atoms with Crippen molar-refractivity contribution in [2.75, 3.05) is 0 Å². The molecule has 0 fully saturated rings. The first-order valence-electron chi connectivity index (χ1n) is 36.2. The van der Waals surface area contributed by atoms with Crippen LogP contribution in [0.2, 0.25) is 0 Å². The van der Waals surface area contributed by atoms with E-state index in [4.69, 9.17) is 0 Å². The molecule has 0 heterocycles. The topological polar surface area (TPSA) is 51.2 Å². The maximum Gasteiger partial charge on any atom is 0.193 e. The highest BCUT2D eigenvalue weighted by Crippen LogP contribution is 2.36. The Morgan fingerprint density at radius 2 is 0.327 bits per heavy atom. The van der Waals surface area contributed by atoms with Gasteiger partial charge >= 0.3 is 0 Å². The minimum absolute atomic E-state index is 0.0497. The third kappa shape index (κ3) is 20.5. The Morgan fingerprint density at radius 1 is 0.131 bits per heavy atom. The van der Waals surface area contributed by atoms with Crippen LogP contribution < -0.4 is 0 Å². The van der Waals surface area contributed by atoms with E-state index in [-0.39, 0.29) is 17.3 Å². The van der Waals surface area contributed by atoms with Gasteiger partial charge in [0.2, 0.25) is 0 Å². The number of ketones is 3. The summed E-state index contributed by atoms with van der Waals surface area (Å²) in [6.07, 6.45) is 0. The molecule has 16 aromatic rings. The highest BCUT2D eigenvalue weighted by molar-refractivity contribution is 6.11. The molecule has 0 spiro atoms. The molecule has 0 radical (unpaired) electrons. The van der Waals surface area contributed by atoms with Crippen molar-refractivity contribution in [1.29, 1.82) is 0 Å². The van der Waals surface area contributed by atoms with E-state index in [1.54, 1.807) is 0 Å². The molecule has 0 bridgehead atoms. The van der Waals surface area contributed by atoms with E-state index < -0.39 is 0 Å². The standard InChI is InChI=1S/C26H20O.2C25H20.2C14H12O/c1-19-9-8-14-22(15-19)26(27)25-17-23(20-10-4-2-5-11-20)16-24(18-25)21-12-6-3-7-13-21;1-19-9-8-14-22(15-19)25-17-23(20-10-4-2-5-11-20)16-24(18-25)21-12-6-3-7-13-21;1-19-12-14-22(15-13-19)25-17-23(20-8-4-2-5-9-20)16-24(18-25)21-10-6-3-7-11-21;2*1-11-6-5-9-13(10-11)14(15)12-7-3-2-4-8-12/h2-18H,1H3;2*2-18H,1H3;2*2-10H,1H3. The number of rotatable bonds is 14. The van der Waals surface area contributed by atoms with Gasteiger partial charge in [-0.2, -0.15) is 0 Å². The molecule has 0 aliphatic rings. The zero-order valence-electron chi connectivity index (χ0n) is 61.1. The fourth-order valence-electron chi connectivity index (χ4n) is 12.7. The van der Waals surface area contributed by atoms with Crippen LogP contribution in [0.15, 0.2) is 419 Å². The summed E-state index contributed by atoms with van der Waals surface area (Å²) in [6, 6.07) is 142. The fourth-order valence-corrected chi connectivity index (χ4v) is 12.7. The van der Waals surface area contributed by atoms with Crippen LogP contribution in [-0.4, -0.2) is 17.3 Å². The largest absolute Gasteiger partial charge is 0.289 e. The third-order valence-corrected chi connectivity index (χ3v) is 18.4. The second-order valence-corrected chi connectivity index (χ2v) is 26.7. The summed E-state index contributed by atoms with van der Waals surface area (Å²) in [4.78, 5) is 37.2. The molecule has 107 heavy (non-hydrogen) atoms. The number of carbonyl (C=O) groups is 3. The van der Waals surface area contributed by atoms with Gasteiger partial charge in [0.1, 0.15) is 0 Å². The fraction of sp³-hybridized carbons (Fsp3) is 0.0481. The number of carbonyl (C=O) groups excluding carboxylic acids is 3. The predicted molar refractivity (Wildman–Crippen MR) is 449 cm³/mol. The van der Waals surface area contributed by atoms with Crippen molar-refractivity contribution in [3.05, 3.63) is 480 Å². The molecule has 0 saturated carbocycles. The highest BCUT2D eigenvalue weighted by atomic mass is 16.1. The summed E-state index contributed by atoms with van der Waals surface area (Å²) in [5, 5.41) is 0. The molecule has 0 saturated heterocycles. The van der Waals surface area contributed by atoms with Crippen LogP contribution in [0.25, 0.3) is 89.0 Å². The van der Waals surface area contributed by atoms with Gasteiger partial charge in [0.15, 0.2) is 17.3 Å². The van der Waals surface area contributed by atoms with E-state index >= 15 is 0 Å². The molecule has 3 nitrogen and oxygen atoms in total. The van der Waals surface area contributed by atoms with E-state index in [2.05, 4.69) is 250 Å². The first-order chi connectivity index (χ1) is 52.3. The van der Waals surface area contributed by atoms with Gasteiger partial charge in [-0.1, -0.05) is 374 Å². The maximum atomic E-state index is 13.2. The molecule has 0 aromatic heterocycles. The molecule has 0 aliphatic heterocycles. The Morgan fingerprint density at radius 3 is 0.589 bits per heavy atom. The molecule has 518 valence electrons. The van der Waals surface area contributed by atoms with E-state index in [9.17, 15) is 14.4 Å². The molecule has 0 atom stereocenters. The van der Waals surface area contributed by atoms with Crippen LogP contribution >= 0.6 is 0 Å². The normalized spacial score (nSPS) is 10.4. The molecule has 0 N–H and O–H groups in total. The Balaban J connectivity index is 0.000000128. The van der Waals surface area contributed by atoms with E-state index in [0.29, 0.717) is 5.56 Å². The molecule has 16 aromatic carbocycles. The van der Waals surface area contributed by atoms with Crippen molar-refractivity contribution < 1.29 is 14.4 Å². The Bertz CT molecular complexity index is 5300. The molecule has 0 amide bonds. The van der Waals surface area contributed by atoms with Gasteiger partial charge in [-0.25, -0.2) is 0 Å². The second-order valence-electron chi connectivity index (χ2n) is 26.7. The summed E-state index contributed by atoms with van der Waals surface area (Å²) in [6.45, 7) is 10.2. The zero-order chi connectivity index (χ0) is 74.1.